The Labute approximate surface area is 240 Å². The molecule has 0 aliphatic carbocycles. The molecule has 4 rings (SSSR count). The van der Waals surface area contributed by atoms with E-state index in [2.05, 4.69) is 42.8 Å². The summed E-state index contributed by atoms with van der Waals surface area (Å²) >= 11 is 6.54. The number of halogens is 1. The number of carboxylic acid groups (broad SMARTS) is 1. The van der Waals surface area contributed by atoms with Gasteiger partial charge in [-0.3, -0.25) is 4.79 Å². The fraction of sp³-hybridized carbons (Fsp3) is 0.333. The van der Waals surface area contributed by atoms with Gasteiger partial charge in [-0.15, -0.1) is 0 Å². The van der Waals surface area contributed by atoms with Crippen LogP contribution >= 0.6 is 11.6 Å². The molecule has 3 aromatic carbocycles. The lowest BCUT2D eigenvalue weighted by atomic mass is 9.98. The van der Waals surface area contributed by atoms with Crippen LogP contribution in [0, 0.1) is 13.8 Å². The summed E-state index contributed by atoms with van der Waals surface area (Å²) in [6, 6.07) is 19.2. The Hall–Kier alpha value is -3.77. The first kappa shape index (κ1) is 29.2. The molecule has 4 aromatic rings. The van der Waals surface area contributed by atoms with Crippen molar-refractivity contribution in [3.8, 4) is 5.75 Å². The number of rotatable bonds is 10. The largest absolute Gasteiger partial charge is 0.479 e. The van der Waals surface area contributed by atoms with E-state index in [1.165, 1.54) is 5.56 Å². The number of fused-ring (bicyclic) bond motifs is 1. The summed E-state index contributed by atoms with van der Waals surface area (Å²) < 4.78 is 7.85. The van der Waals surface area contributed by atoms with Crippen LogP contribution in [-0.4, -0.2) is 27.7 Å². The summed E-state index contributed by atoms with van der Waals surface area (Å²) in [5.41, 5.74) is 6.88. The van der Waals surface area contributed by atoms with Gasteiger partial charge < -0.3 is 19.7 Å². The van der Waals surface area contributed by atoms with E-state index in [1.807, 2.05) is 44.2 Å². The molecule has 1 aromatic heterocycles. The number of aromatic nitrogens is 1. The first-order valence-electron chi connectivity index (χ1n) is 13.7. The second-order valence-corrected chi connectivity index (χ2v) is 11.1. The van der Waals surface area contributed by atoms with E-state index in [0.717, 1.165) is 33.3 Å². The van der Waals surface area contributed by atoms with Crippen LogP contribution in [0.5, 0.6) is 5.75 Å². The molecule has 0 aliphatic rings. The van der Waals surface area contributed by atoms with E-state index in [9.17, 15) is 14.7 Å². The van der Waals surface area contributed by atoms with Crippen molar-refractivity contribution in [3.63, 3.8) is 0 Å². The molecule has 2 N–H and O–H groups in total. The predicted octanol–water partition coefficient (Wildman–Crippen LogP) is 7.82. The molecule has 0 fully saturated rings. The van der Waals surface area contributed by atoms with Gasteiger partial charge in [-0.1, -0.05) is 56.6 Å². The highest BCUT2D eigenvalue weighted by molar-refractivity contribution is 6.31. The van der Waals surface area contributed by atoms with Gasteiger partial charge in [0, 0.05) is 33.7 Å². The van der Waals surface area contributed by atoms with Crippen LogP contribution in [0.4, 0.5) is 0 Å². The maximum absolute atomic E-state index is 13.2. The first-order chi connectivity index (χ1) is 19.0. The molecule has 0 bridgehead atoms. The van der Waals surface area contributed by atoms with Gasteiger partial charge in [-0.25, -0.2) is 4.79 Å². The number of hydrogen-bond acceptors (Lipinski definition) is 3. The lowest BCUT2D eigenvalue weighted by molar-refractivity contribution is -0.145. The predicted molar refractivity (Wildman–Crippen MR) is 161 cm³/mol. The Kier molecular flexibility index (Phi) is 8.89. The summed E-state index contributed by atoms with van der Waals surface area (Å²) in [7, 11) is 0. The first-order valence-corrected chi connectivity index (χ1v) is 14.1. The third-order valence-electron chi connectivity index (χ3n) is 7.60. The van der Waals surface area contributed by atoms with Gasteiger partial charge in [-0.05, 0) is 91.8 Å². The fourth-order valence-corrected chi connectivity index (χ4v) is 5.11. The van der Waals surface area contributed by atoms with Crippen molar-refractivity contribution in [1.82, 2.24) is 9.88 Å². The molecule has 7 heteroatoms. The SMILES string of the molecule is CC[C@@H](Oc1ccc(Cl)c(Cn2c(C)c(C)c3cc(C(=O)N[C@@H](C)c4cccc(C(C)C)c4)ccc32)c1)C(=O)O. The fourth-order valence-electron chi connectivity index (χ4n) is 4.93. The number of benzene rings is 3. The van der Waals surface area contributed by atoms with Crippen molar-refractivity contribution in [1.29, 1.82) is 0 Å². The van der Waals surface area contributed by atoms with E-state index >= 15 is 0 Å². The maximum Gasteiger partial charge on any atom is 0.344 e. The highest BCUT2D eigenvalue weighted by atomic mass is 35.5. The average Bonchev–Trinajstić information content (AvgIpc) is 3.17. The number of ether oxygens (including phenoxy) is 1. The molecule has 1 heterocycles. The van der Waals surface area contributed by atoms with Gasteiger partial charge >= 0.3 is 5.97 Å². The molecule has 0 radical (unpaired) electrons. The van der Waals surface area contributed by atoms with E-state index < -0.39 is 12.1 Å². The van der Waals surface area contributed by atoms with Crippen LogP contribution in [0.3, 0.4) is 0 Å². The third-order valence-corrected chi connectivity index (χ3v) is 7.97. The van der Waals surface area contributed by atoms with Crippen molar-refractivity contribution in [2.75, 3.05) is 0 Å². The van der Waals surface area contributed by atoms with Crippen molar-refractivity contribution >= 4 is 34.4 Å². The van der Waals surface area contributed by atoms with Gasteiger partial charge in [0.25, 0.3) is 5.91 Å². The van der Waals surface area contributed by atoms with Gasteiger partial charge in [0.2, 0.25) is 0 Å². The zero-order valence-electron chi connectivity index (χ0n) is 23.9. The molecule has 1 amide bonds. The number of aliphatic carboxylic acids is 1. The zero-order chi connectivity index (χ0) is 29.1. The maximum atomic E-state index is 13.2. The van der Waals surface area contributed by atoms with Crippen molar-refractivity contribution in [3.05, 3.63) is 99.2 Å². The summed E-state index contributed by atoms with van der Waals surface area (Å²) in [5, 5.41) is 14.1. The molecule has 6 nitrogen and oxygen atoms in total. The number of hydrogen-bond donors (Lipinski definition) is 2. The second kappa shape index (κ2) is 12.2. The van der Waals surface area contributed by atoms with Crippen LogP contribution in [0.15, 0.2) is 60.7 Å². The van der Waals surface area contributed by atoms with Crippen LogP contribution in [0.1, 0.15) is 84.4 Å². The Morgan fingerprint density at radius 3 is 2.40 bits per heavy atom. The van der Waals surface area contributed by atoms with Crippen LogP contribution in [-0.2, 0) is 11.3 Å². The standard InChI is InChI=1S/C33H37ClN2O4/c1-7-31(33(38)39)40-27-12-13-29(34)26(16-27)18-36-22(6)20(4)28-17-25(11-14-30(28)36)32(37)35-21(5)24-10-8-9-23(15-24)19(2)3/h8-17,19,21,31H,7,18H2,1-6H3,(H,35,37)(H,38,39)/t21-,31+/m0/s1. The normalized spacial score (nSPS) is 12.9. The number of carbonyl (C=O) groups is 2. The van der Waals surface area contributed by atoms with Gasteiger partial charge in [0.1, 0.15) is 5.75 Å². The summed E-state index contributed by atoms with van der Waals surface area (Å²) in [6.45, 7) is 12.7. The van der Waals surface area contributed by atoms with E-state index in [-0.39, 0.29) is 11.9 Å². The van der Waals surface area contributed by atoms with Gasteiger partial charge in [0.05, 0.1) is 6.04 Å². The molecule has 2 atom stereocenters. The number of carboxylic acids is 1. The van der Waals surface area contributed by atoms with Crippen LogP contribution in [0.25, 0.3) is 10.9 Å². The zero-order valence-corrected chi connectivity index (χ0v) is 24.7. The Bertz CT molecular complexity index is 1560. The topological polar surface area (TPSA) is 80.6 Å². The molecular weight excluding hydrogens is 524 g/mol. The number of amides is 1. The molecule has 0 aliphatic heterocycles. The van der Waals surface area contributed by atoms with Crippen molar-refractivity contribution < 1.29 is 19.4 Å². The summed E-state index contributed by atoms with van der Waals surface area (Å²) in [4.78, 5) is 24.7. The number of nitrogens with zero attached hydrogens (tertiary/aromatic N) is 1. The Balaban J connectivity index is 1.59. The molecule has 40 heavy (non-hydrogen) atoms. The second-order valence-electron chi connectivity index (χ2n) is 10.7. The molecule has 210 valence electrons. The monoisotopic (exact) mass is 560 g/mol. The van der Waals surface area contributed by atoms with Crippen LogP contribution in [0.2, 0.25) is 5.02 Å². The van der Waals surface area contributed by atoms with E-state index in [0.29, 0.717) is 35.2 Å². The average molecular weight is 561 g/mol. The molecule has 0 saturated heterocycles. The number of carbonyl (C=O) groups excluding carboxylic acids is 1. The Morgan fingerprint density at radius 2 is 1.73 bits per heavy atom. The Morgan fingerprint density at radius 1 is 1.00 bits per heavy atom. The van der Waals surface area contributed by atoms with Gasteiger partial charge in [-0.2, -0.15) is 0 Å². The smallest absolute Gasteiger partial charge is 0.344 e. The third kappa shape index (κ3) is 6.18. The molecule has 0 spiro atoms. The minimum atomic E-state index is -1.000. The lowest BCUT2D eigenvalue weighted by Crippen LogP contribution is -2.26. The summed E-state index contributed by atoms with van der Waals surface area (Å²) in [5.74, 6) is -0.235. The summed E-state index contributed by atoms with van der Waals surface area (Å²) in [6.07, 6.45) is -0.566. The number of nitrogens with one attached hydrogen (secondary N) is 1. The van der Waals surface area contributed by atoms with Crippen LogP contribution < -0.4 is 10.1 Å². The van der Waals surface area contributed by atoms with E-state index in [1.54, 1.807) is 25.1 Å². The lowest BCUT2D eigenvalue weighted by Gasteiger charge is -2.17. The number of aryl methyl sites for hydroxylation is 1. The quantitative estimate of drug-likeness (QED) is 0.207. The molecule has 0 saturated carbocycles. The van der Waals surface area contributed by atoms with Crippen molar-refractivity contribution in [2.24, 2.45) is 0 Å². The van der Waals surface area contributed by atoms with E-state index in [4.69, 9.17) is 16.3 Å². The van der Waals surface area contributed by atoms with Crippen molar-refractivity contribution in [2.45, 2.75) is 72.6 Å². The molecule has 0 unspecified atom stereocenters. The molecular formula is C33H37ClN2O4. The highest BCUT2D eigenvalue weighted by Gasteiger charge is 2.19. The highest BCUT2D eigenvalue weighted by Crippen LogP contribution is 2.31. The minimum Gasteiger partial charge on any atom is -0.479 e. The van der Waals surface area contributed by atoms with Gasteiger partial charge in [0.15, 0.2) is 6.10 Å². The minimum absolute atomic E-state index is 0.119.